The molecule has 0 saturated heterocycles. The van der Waals surface area contributed by atoms with Crippen molar-refractivity contribution in [1.29, 1.82) is 0 Å². The van der Waals surface area contributed by atoms with E-state index in [0.717, 1.165) is 33.2 Å². The van der Waals surface area contributed by atoms with Crippen LogP contribution in [-0.2, 0) is 0 Å². The standard InChI is InChI=1S/C17H11N3/c1-2-4-14-12(3-1)5-7-15(20-14)13-6-8-16-17(11-13)19-10-9-18-16/h1-11H. The second-order valence-corrected chi connectivity index (χ2v) is 4.65. The van der Waals surface area contributed by atoms with Crippen LogP contribution < -0.4 is 0 Å². The number of para-hydroxylation sites is 1. The Balaban J connectivity index is 1.91. The van der Waals surface area contributed by atoms with E-state index in [9.17, 15) is 0 Å². The number of nitrogens with zero attached hydrogens (tertiary/aromatic N) is 3. The highest BCUT2D eigenvalue weighted by atomic mass is 14.8. The van der Waals surface area contributed by atoms with Gasteiger partial charge in [-0.15, -0.1) is 0 Å². The summed E-state index contributed by atoms with van der Waals surface area (Å²) >= 11 is 0. The van der Waals surface area contributed by atoms with E-state index in [2.05, 4.69) is 22.1 Å². The van der Waals surface area contributed by atoms with Gasteiger partial charge in [-0.1, -0.05) is 30.3 Å². The summed E-state index contributed by atoms with van der Waals surface area (Å²) in [5, 5.41) is 1.15. The summed E-state index contributed by atoms with van der Waals surface area (Å²) in [6.07, 6.45) is 3.41. The van der Waals surface area contributed by atoms with Gasteiger partial charge in [0.2, 0.25) is 0 Å². The maximum Gasteiger partial charge on any atom is 0.0893 e. The third-order valence-electron chi connectivity index (χ3n) is 3.36. The van der Waals surface area contributed by atoms with Gasteiger partial charge in [0.1, 0.15) is 0 Å². The Morgan fingerprint density at radius 1 is 0.650 bits per heavy atom. The minimum Gasteiger partial charge on any atom is -0.253 e. The molecule has 0 bridgehead atoms. The SMILES string of the molecule is c1ccc2nc(-c3ccc4nccnc4c3)ccc2c1. The van der Waals surface area contributed by atoms with Crippen LogP contribution in [0.25, 0.3) is 33.2 Å². The second kappa shape index (κ2) is 4.38. The van der Waals surface area contributed by atoms with E-state index in [1.165, 1.54) is 0 Å². The summed E-state index contributed by atoms with van der Waals surface area (Å²) in [6, 6.07) is 18.3. The number of benzene rings is 2. The molecule has 2 aromatic heterocycles. The molecule has 0 fully saturated rings. The lowest BCUT2D eigenvalue weighted by atomic mass is 10.1. The average Bonchev–Trinajstić information content (AvgIpc) is 2.54. The maximum atomic E-state index is 4.70. The average molecular weight is 257 g/mol. The highest BCUT2D eigenvalue weighted by molar-refractivity contribution is 5.84. The first-order valence-electron chi connectivity index (χ1n) is 6.47. The van der Waals surface area contributed by atoms with Crippen LogP contribution in [0.15, 0.2) is 67.0 Å². The lowest BCUT2D eigenvalue weighted by Crippen LogP contribution is -1.87. The molecule has 0 amide bonds. The van der Waals surface area contributed by atoms with Crippen LogP contribution in [0.2, 0.25) is 0 Å². The van der Waals surface area contributed by atoms with Crippen molar-refractivity contribution in [3.63, 3.8) is 0 Å². The molecular weight excluding hydrogens is 246 g/mol. The van der Waals surface area contributed by atoms with Gasteiger partial charge in [-0.05, 0) is 24.3 Å². The van der Waals surface area contributed by atoms with Crippen molar-refractivity contribution < 1.29 is 0 Å². The number of pyridine rings is 1. The minimum atomic E-state index is 0.889. The summed E-state index contributed by atoms with van der Waals surface area (Å²) < 4.78 is 0. The molecule has 20 heavy (non-hydrogen) atoms. The van der Waals surface area contributed by atoms with Gasteiger partial charge in [-0.25, -0.2) is 4.98 Å². The Kier molecular flexibility index (Phi) is 2.42. The molecule has 3 nitrogen and oxygen atoms in total. The Hall–Kier alpha value is -2.81. The van der Waals surface area contributed by atoms with Crippen molar-refractivity contribution in [2.75, 3.05) is 0 Å². The Labute approximate surface area is 116 Å². The van der Waals surface area contributed by atoms with Crippen molar-refractivity contribution in [2.45, 2.75) is 0 Å². The van der Waals surface area contributed by atoms with Crippen LogP contribution in [0.5, 0.6) is 0 Å². The third-order valence-corrected chi connectivity index (χ3v) is 3.36. The van der Waals surface area contributed by atoms with Crippen molar-refractivity contribution in [3.05, 3.63) is 67.0 Å². The third kappa shape index (κ3) is 1.80. The molecule has 0 aliphatic carbocycles. The first-order chi connectivity index (χ1) is 9.90. The molecule has 3 heteroatoms. The zero-order valence-electron chi connectivity index (χ0n) is 10.7. The summed E-state index contributed by atoms with van der Waals surface area (Å²) in [7, 11) is 0. The van der Waals surface area contributed by atoms with E-state index in [1.54, 1.807) is 12.4 Å². The van der Waals surface area contributed by atoms with Crippen LogP contribution in [0.1, 0.15) is 0 Å². The number of aromatic nitrogens is 3. The van der Waals surface area contributed by atoms with Crippen molar-refractivity contribution in [3.8, 4) is 11.3 Å². The summed E-state index contributed by atoms with van der Waals surface area (Å²) in [5.74, 6) is 0. The highest BCUT2D eigenvalue weighted by Crippen LogP contribution is 2.23. The predicted octanol–water partition coefficient (Wildman–Crippen LogP) is 3.85. The zero-order chi connectivity index (χ0) is 13.4. The van der Waals surface area contributed by atoms with Gasteiger partial charge in [0, 0.05) is 23.3 Å². The Bertz CT molecular complexity index is 838. The summed E-state index contributed by atoms with van der Waals surface area (Å²) in [5.41, 5.74) is 4.81. The van der Waals surface area contributed by atoms with E-state index in [4.69, 9.17) is 4.98 Å². The van der Waals surface area contributed by atoms with Crippen LogP contribution >= 0.6 is 0 Å². The molecule has 0 spiro atoms. The van der Waals surface area contributed by atoms with Gasteiger partial charge in [0.05, 0.1) is 22.2 Å². The molecule has 0 saturated carbocycles. The highest BCUT2D eigenvalue weighted by Gasteiger charge is 2.03. The van der Waals surface area contributed by atoms with Crippen LogP contribution in [0.4, 0.5) is 0 Å². The predicted molar refractivity (Wildman–Crippen MR) is 80.3 cm³/mol. The minimum absolute atomic E-state index is 0.889. The molecule has 2 aromatic carbocycles. The number of rotatable bonds is 1. The maximum absolute atomic E-state index is 4.70. The molecule has 0 atom stereocenters. The lowest BCUT2D eigenvalue weighted by Gasteiger charge is -2.04. The molecule has 4 aromatic rings. The van der Waals surface area contributed by atoms with Gasteiger partial charge in [0.15, 0.2) is 0 Å². The molecule has 0 unspecified atom stereocenters. The van der Waals surface area contributed by atoms with E-state index in [0.29, 0.717) is 0 Å². The van der Waals surface area contributed by atoms with Gasteiger partial charge in [-0.2, -0.15) is 0 Å². The smallest absolute Gasteiger partial charge is 0.0893 e. The van der Waals surface area contributed by atoms with Gasteiger partial charge in [0.25, 0.3) is 0 Å². The molecule has 0 aliphatic heterocycles. The normalized spacial score (nSPS) is 11.0. The molecule has 0 aliphatic rings. The number of hydrogen-bond acceptors (Lipinski definition) is 3. The van der Waals surface area contributed by atoms with Crippen LogP contribution in [-0.4, -0.2) is 15.0 Å². The van der Waals surface area contributed by atoms with Gasteiger partial charge >= 0.3 is 0 Å². The molecule has 0 N–H and O–H groups in total. The summed E-state index contributed by atoms with van der Waals surface area (Å²) in [4.78, 5) is 13.3. The zero-order valence-corrected chi connectivity index (χ0v) is 10.7. The Morgan fingerprint density at radius 2 is 1.50 bits per heavy atom. The van der Waals surface area contributed by atoms with E-state index in [-0.39, 0.29) is 0 Å². The van der Waals surface area contributed by atoms with Crippen molar-refractivity contribution >= 4 is 21.9 Å². The van der Waals surface area contributed by atoms with E-state index < -0.39 is 0 Å². The lowest BCUT2D eigenvalue weighted by molar-refractivity contribution is 1.29. The summed E-state index contributed by atoms with van der Waals surface area (Å²) in [6.45, 7) is 0. The van der Waals surface area contributed by atoms with Crippen molar-refractivity contribution in [1.82, 2.24) is 15.0 Å². The molecular formula is C17H11N3. The van der Waals surface area contributed by atoms with Crippen LogP contribution in [0.3, 0.4) is 0 Å². The number of fused-ring (bicyclic) bond motifs is 2. The first kappa shape index (κ1) is 11.1. The van der Waals surface area contributed by atoms with Crippen LogP contribution in [0, 0.1) is 0 Å². The molecule has 2 heterocycles. The monoisotopic (exact) mass is 257 g/mol. The quantitative estimate of drug-likeness (QED) is 0.520. The molecule has 94 valence electrons. The molecule has 0 radical (unpaired) electrons. The van der Waals surface area contributed by atoms with Gasteiger partial charge < -0.3 is 0 Å². The fraction of sp³-hybridized carbons (Fsp3) is 0. The molecule has 4 rings (SSSR count). The first-order valence-corrected chi connectivity index (χ1v) is 6.47. The fourth-order valence-corrected chi connectivity index (χ4v) is 2.35. The van der Waals surface area contributed by atoms with Gasteiger partial charge in [-0.3, -0.25) is 9.97 Å². The fourth-order valence-electron chi connectivity index (χ4n) is 2.35. The topological polar surface area (TPSA) is 38.7 Å². The largest absolute Gasteiger partial charge is 0.253 e. The second-order valence-electron chi connectivity index (χ2n) is 4.65. The number of hydrogen-bond donors (Lipinski definition) is 0. The Morgan fingerprint density at radius 3 is 2.45 bits per heavy atom. The van der Waals surface area contributed by atoms with Crippen molar-refractivity contribution in [2.24, 2.45) is 0 Å². The van der Waals surface area contributed by atoms with E-state index >= 15 is 0 Å². The van der Waals surface area contributed by atoms with E-state index in [1.807, 2.05) is 42.5 Å².